The second-order valence-electron chi connectivity index (χ2n) is 2.53. The van der Waals surface area contributed by atoms with Crippen molar-refractivity contribution in [3.05, 3.63) is 41.1 Å². The van der Waals surface area contributed by atoms with E-state index in [0.29, 0.717) is 12.3 Å². The Bertz CT molecular complexity index is 325. The third-order valence-corrected chi connectivity index (χ3v) is 1.81. The molecular weight excluding hydrogens is 161 g/mol. The predicted molar refractivity (Wildman–Crippen MR) is 46.4 cm³/mol. The van der Waals surface area contributed by atoms with E-state index in [-0.39, 0.29) is 18.9 Å². The summed E-state index contributed by atoms with van der Waals surface area (Å²) in [6, 6.07) is 7.45. The largest absolute Gasteiger partial charge is 1.00 e. The first-order valence-electron chi connectivity index (χ1n) is 3.72. The average molecular weight is 169 g/mol. The van der Waals surface area contributed by atoms with Crippen molar-refractivity contribution in [3.63, 3.8) is 0 Å². The molecule has 0 spiro atoms. The Kier molecular flexibility index (Phi) is 3.44. The molecule has 13 heavy (non-hydrogen) atoms. The monoisotopic (exact) mass is 169 g/mol. The molecule has 1 aromatic carbocycles. The van der Waals surface area contributed by atoms with E-state index in [1.54, 1.807) is 6.08 Å². The van der Waals surface area contributed by atoms with Crippen LogP contribution in [0.2, 0.25) is 0 Å². The van der Waals surface area contributed by atoms with Crippen LogP contribution < -0.4 is 29.1 Å². The minimum atomic E-state index is 0. The Labute approximate surface area is 88.5 Å². The van der Waals surface area contributed by atoms with Gasteiger partial charge in [-0.05, 0) is 18.2 Å². The molecular formula is C9H8LiNO2. The van der Waals surface area contributed by atoms with Gasteiger partial charge in [0.05, 0.1) is 0 Å². The summed E-state index contributed by atoms with van der Waals surface area (Å²) in [5.41, 5.74) is 3.32. The minimum absolute atomic E-state index is 0. The van der Waals surface area contributed by atoms with E-state index in [0.717, 1.165) is 11.3 Å². The minimum Gasteiger partial charge on any atom is -0.761 e. The number of para-hydroxylation sites is 1. The van der Waals surface area contributed by atoms with Gasteiger partial charge in [-0.1, -0.05) is 12.1 Å². The number of hydroxylamine groups is 1. The van der Waals surface area contributed by atoms with Crippen molar-refractivity contribution in [1.29, 1.82) is 0 Å². The number of rotatable bonds is 1. The summed E-state index contributed by atoms with van der Waals surface area (Å²) in [5.74, 6) is 0.762. The first-order valence-corrected chi connectivity index (χ1v) is 3.72. The Morgan fingerprint density at radius 1 is 1.31 bits per heavy atom. The van der Waals surface area contributed by atoms with Gasteiger partial charge in [0, 0.05) is 11.3 Å². The molecule has 0 bridgehead atoms. The third kappa shape index (κ3) is 1.89. The molecule has 4 heteroatoms. The van der Waals surface area contributed by atoms with E-state index in [1.807, 2.05) is 29.7 Å². The van der Waals surface area contributed by atoms with Crippen LogP contribution in [0.15, 0.2) is 30.3 Å². The second-order valence-corrected chi connectivity index (χ2v) is 2.53. The molecule has 3 nitrogen and oxygen atoms in total. The van der Waals surface area contributed by atoms with E-state index in [9.17, 15) is 5.21 Å². The van der Waals surface area contributed by atoms with Crippen LogP contribution in [0.5, 0.6) is 5.75 Å². The van der Waals surface area contributed by atoms with Crippen molar-refractivity contribution in [2.75, 3.05) is 6.61 Å². The van der Waals surface area contributed by atoms with E-state index >= 15 is 0 Å². The molecule has 0 aliphatic carbocycles. The quantitative estimate of drug-likeness (QED) is 0.411. The summed E-state index contributed by atoms with van der Waals surface area (Å²) >= 11 is 0. The Balaban J connectivity index is 0.000000845. The summed E-state index contributed by atoms with van der Waals surface area (Å²) in [6.07, 6.45) is 1.73. The van der Waals surface area contributed by atoms with E-state index in [4.69, 9.17) is 4.74 Å². The zero-order valence-corrected chi connectivity index (χ0v) is 7.41. The number of hydrogen-bond acceptors (Lipinski definition) is 3. The topological polar surface area (TPSA) is 44.3 Å². The van der Waals surface area contributed by atoms with Gasteiger partial charge in [0.2, 0.25) is 0 Å². The number of benzene rings is 1. The van der Waals surface area contributed by atoms with E-state index in [1.165, 1.54) is 0 Å². The molecule has 1 aromatic rings. The zero-order chi connectivity index (χ0) is 8.39. The van der Waals surface area contributed by atoms with Crippen LogP contribution in [0.3, 0.4) is 0 Å². The van der Waals surface area contributed by atoms with Crippen LogP contribution in [0.1, 0.15) is 5.56 Å². The maximum Gasteiger partial charge on any atom is 1.00 e. The first kappa shape index (κ1) is 10.2. The van der Waals surface area contributed by atoms with Crippen LogP contribution in [0, 0.1) is 5.21 Å². The van der Waals surface area contributed by atoms with Crippen LogP contribution in [0.25, 0.3) is 5.70 Å². The van der Waals surface area contributed by atoms with Crippen molar-refractivity contribution in [3.8, 4) is 5.75 Å². The van der Waals surface area contributed by atoms with E-state index in [2.05, 4.69) is 0 Å². The van der Waals surface area contributed by atoms with Gasteiger partial charge in [0.15, 0.2) is 0 Å². The molecule has 1 aliphatic rings. The van der Waals surface area contributed by atoms with Gasteiger partial charge in [-0.2, -0.15) is 0 Å². The molecule has 1 N–H and O–H groups in total. The summed E-state index contributed by atoms with van der Waals surface area (Å²) in [7, 11) is 0. The maximum atomic E-state index is 10.5. The maximum absolute atomic E-state index is 10.5. The molecule has 1 heterocycles. The third-order valence-electron chi connectivity index (χ3n) is 1.81. The molecule has 0 amide bonds. The smallest absolute Gasteiger partial charge is 0.761 e. The molecule has 0 aromatic heterocycles. The van der Waals surface area contributed by atoms with Crippen LogP contribution >= 0.6 is 0 Å². The average Bonchev–Trinajstić information content (AvgIpc) is 2.17. The summed E-state index contributed by atoms with van der Waals surface area (Å²) in [6.45, 7) is 0.460. The Morgan fingerprint density at radius 3 is 2.85 bits per heavy atom. The normalized spacial score (nSPS) is 13.2. The fourth-order valence-corrected chi connectivity index (χ4v) is 1.24. The van der Waals surface area contributed by atoms with Gasteiger partial charge in [-0.15, -0.1) is 0 Å². The summed E-state index contributed by atoms with van der Waals surface area (Å²) in [5, 5.41) is 10.5. The van der Waals surface area contributed by atoms with Crippen LogP contribution in [-0.4, -0.2) is 6.61 Å². The SMILES string of the molecule is [Li+].[O-]NC1=CCOc2ccccc21. The van der Waals surface area contributed by atoms with Crippen molar-refractivity contribution in [2.45, 2.75) is 0 Å². The van der Waals surface area contributed by atoms with E-state index < -0.39 is 0 Å². The van der Waals surface area contributed by atoms with Gasteiger partial charge < -0.3 is 15.4 Å². The summed E-state index contributed by atoms with van der Waals surface area (Å²) in [4.78, 5) is 0. The number of fused-ring (bicyclic) bond motifs is 1. The van der Waals surface area contributed by atoms with Crippen molar-refractivity contribution in [1.82, 2.24) is 5.48 Å². The number of hydrogen-bond donors (Lipinski definition) is 1. The summed E-state index contributed by atoms with van der Waals surface area (Å²) < 4.78 is 5.30. The molecule has 2 rings (SSSR count). The van der Waals surface area contributed by atoms with Crippen molar-refractivity contribution >= 4 is 5.70 Å². The first-order chi connectivity index (χ1) is 5.92. The molecule has 62 valence electrons. The van der Waals surface area contributed by atoms with Gasteiger partial charge in [0.1, 0.15) is 12.4 Å². The van der Waals surface area contributed by atoms with Gasteiger partial charge >= 0.3 is 18.9 Å². The predicted octanol–water partition coefficient (Wildman–Crippen LogP) is -1.49. The molecule has 1 aliphatic heterocycles. The second kappa shape index (κ2) is 4.38. The van der Waals surface area contributed by atoms with Crippen molar-refractivity contribution < 1.29 is 23.6 Å². The molecule has 0 fully saturated rings. The van der Waals surface area contributed by atoms with Crippen LogP contribution in [-0.2, 0) is 0 Å². The standard InChI is InChI=1S/C9H8NO2.Li/c11-10-8-5-6-12-9-4-2-1-3-7(8)9;/h1-5,10H,6H2;/q-1;+1. The molecule has 0 unspecified atom stereocenters. The van der Waals surface area contributed by atoms with Gasteiger partial charge in [0.25, 0.3) is 0 Å². The molecule has 0 saturated heterocycles. The fraction of sp³-hybridized carbons (Fsp3) is 0.111. The van der Waals surface area contributed by atoms with Crippen molar-refractivity contribution in [2.24, 2.45) is 0 Å². The Morgan fingerprint density at radius 2 is 2.08 bits per heavy atom. The molecule has 0 atom stereocenters. The molecule has 0 saturated carbocycles. The van der Waals surface area contributed by atoms with Gasteiger partial charge in [-0.25, -0.2) is 0 Å². The number of ether oxygens (including phenoxy) is 1. The Hall–Kier alpha value is -0.883. The fourth-order valence-electron chi connectivity index (χ4n) is 1.24. The van der Waals surface area contributed by atoms with Crippen LogP contribution in [0.4, 0.5) is 0 Å². The zero-order valence-electron chi connectivity index (χ0n) is 7.41. The number of nitrogens with one attached hydrogen (secondary N) is 1. The molecule has 0 radical (unpaired) electrons. The van der Waals surface area contributed by atoms with Gasteiger partial charge in [-0.3, -0.25) is 0 Å².